The third-order valence-corrected chi connectivity index (χ3v) is 2.74. The van der Waals surface area contributed by atoms with Crippen LogP contribution in [-0.2, 0) is 9.53 Å². The van der Waals surface area contributed by atoms with Crippen molar-refractivity contribution in [1.82, 2.24) is 15.1 Å². The number of ether oxygens (including phenoxy) is 1. The molecule has 1 heterocycles. The first kappa shape index (κ1) is 15.7. The highest BCUT2D eigenvalue weighted by atomic mass is 35.5. The van der Waals surface area contributed by atoms with Gasteiger partial charge in [-0.1, -0.05) is 30.1 Å². The van der Waals surface area contributed by atoms with Crippen LogP contribution in [0, 0.1) is 0 Å². The SMILES string of the molecule is CCCN(CC(=O)OC)C(=O)c1cc(Cl)nnc1Cl. The predicted octanol–water partition coefficient (Wildman–Crippen LogP) is 1.81. The topological polar surface area (TPSA) is 72.4 Å². The second-order valence-electron chi connectivity index (χ2n) is 3.67. The van der Waals surface area contributed by atoms with Crippen LogP contribution in [0.25, 0.3) is 0 Å². The summed E-state index contributed by atoms with van der Waals surface area (Å²) in [5.41, 5.74) is 0.110. The van der Waals surface area contributed by atoms with Gasteiger partial charge in [0.1, 0.15) is 6.54 Å². The number of halogens is 2. The summed E-state index contributed by atoms with van der Waals surface area (Å²) in [6.45, 7) is 2.13. The Balaban J connectivity index is 2.98. The minimum Gasteiger partial charge on any atom is -0.468 e. The maximum Gasteiger partial charge on any atom is 0.325 e. The van der Waals surface area contributed by atoms with Gasteiger partial charge in [-0.05, 0) is 12.5 Å². The van der Waals surface area contributed by atoms with E-state index < -0.39 is 11.9 Å². The molecule has 1 rings (SSSR count). The number of esters is 1. The molecule has 0 spiro atoms. The molecule has 8 heteroatoms. The minimum atomic E-state index is -0.508. The van der Waals surface area contributed by atoms with E-state index in [4.69, 9.17) is 23.2 Å². The van der Waals surface area contributed by atoms with E-state index in [1.54, 1.807) is 0 Å². The monoisotopic (exact) mass is 305 g/mol. The lowest BCUT2D eigenvalue weighted by atomic mass is 10.2. The van der Waals surface area contributed by atoms with Crippen LogP contribution in [0.3, 0.4) is 0 Å². The van der Waals surface area contributed by atoms with Gasteiger partial charge in [0.05, 0.1) is 12.7 Å². The van der Waals surface area contributed by atoms with Gasteiger partial charge in [0, 0.05) is 6.54 Å². The van der Waals surface area contributed by atoms with Crippen LogP contribution in [-0.4, -0.2) is 47.2 Å². The molecule has 0 radical (unpaired) electrons. The lowest BCUT2D eigenvalue weighted by Crippen LogP contribution is -2.37. The average molecular weight is 306 g/mol. The van der Waals surface area contributed by atoms with Gasteiger partial charge in [0.15, 0.2) is 10.3 Å². The van der Waals surface area contributed by atoms with Gasteiger partial charge in [-0.25, -0.2) is 0 Å². The molecule has 0 atom stereocenters. The zero-order chi connectivity index (χ0) is 14.4. The van der Waals surface area contributed by atoms with E-state index in [9.17, 15) is 9.59 Å². The molecule has 1 amide bonds. The van der Waals surface area contributed by atoms with Crippen LogP contribution in [0.2, 0.25) is 10.3 Å². The van der Waals surface area contributed by atoms with E-state index in [1.165, 1.54) is 18.1 Å². The standard InChI is InChI=1S/C11H13Cl2N3O3/c1-3-4-16(6-9(17)19-2)11(18)7-5-8(12)14-15-10(7)13/h5H,3-4,6H2,1-2H3. The number of carbonyl (C=O) groups is 2. The first-order chi connectivity index (χ1) is 8.99. The van der Waals surface area contributed by atoms with Crippen molar-refractivity contribution < 1.29 is 14.3 Å². The van der Waals surface area contributed by atoms with Crippen LogP contribution >= 0.6 is 23.2 Å². The van der Waals surface area contributed by atoms with Crippen molar-refractivity contribution >= 4 is 35.1 Å². The smallest absolute Gasteiger partial charge is 0.325 e. The van der Waals surface area contributed by atoms with E-state index in [1.807, 2.05) is 6.92 Å². The van der Waals surface area contributed by atoms with E-state index in [2.05, 4.69) is 14.9 Å². The summed E-state index contributed by atoms with van der Waals surface area (Å²) in [5.74, 6) is -0.944. The van der Waals surface area contributed by atoms with Crippen LogP contribution < -0.4 is 0 Å². The van der Waals surface area contributed by atoms with E-state index in [0.717, 1.165) is 0 Å². The average Bonchev–Trinajstić information content (AvgIpc) is 2.40. The molecule has 1 aromatic heterocycles. The minimum absolute atomic E-state index is 0.0552. The zero-order valence-electron chi connectivity index (χ0n) is 10.5. The molecule has 0 aliphatic carbocycles. The molecule has 0 aliphatic rings. The first-order valence-corrected chi connectivity index (χ1v) is 6.30. The fourth-order valence-electron chi connectivity index (χ4n) is 1.42. The Bertz CT molecular complexity index is 482. The maximum absolute atomic E-state index is 12.3. The summed E-state index contributed by atoms with van der Waals surface area (Å²) in [6, 6.07) is 1.32. The van der Waals surface area contributed by atoms with Crippen molar-refractivity contribution in [2.75, 3.05) is 20.2 Å². The first-order valence-electron chi connectivity index (χ1n) is 5.54. The quantitative estimate of drug-likeness (QED) is 0.776. The van der Waals surface area contributed by atoms with Gasteiger partial charge in [-0.2, -0.15) is 0 Å². The number of amides is 1. The molecule has 0 aromatic carbocycles. The van der Waals surface area contributed by atoms with Crippen LogP contribution in [0.15, 0.2) is 6.07 Å². The lowest BCUT2D eigenvalue weighted by Gasteiger charge is -2.20. The highest BCUT2D eigenvalue weighted by Crippen LogP contribution is 2.17. The largest absolute Gasteiger partial charge is 0.468 e. The van der Waals surface area contributed by atoms with Gasteiger partial charge in [-0.15, -0.1) is 10.2 Å². The Hall–Kier alpha value is -1.40. The van der Waals surface area contributed by atoms with Crippen LogP contribution in [0.1, 0.15) is 23.7 Å². The second kappa shape index (κ2) is 7.25. The number of hydrogen-bond donors (Lipinski definition) is 0. The summed E-state index contributed by atoms with van der Waals surface area (Å²) < 4.78 is 4.55. The summed E-state index contributed by atoms with van der Waals surface area (Å²) in [5, 5.41) is 7.09. The number of methoxy groups -OCH3 is 1. The Morgan fingerprint density at radius 2 is 2.05 bits per heavy atom. The van der Waals surface area contributed by atoms with E-state index in [0.29, 0.717) is 13.0 Å². The maximum atomic E-state index is 12.3. The third-order valence-electron chi connectivity index (χ3n) is 2.28. The molecule has 0 saturated heterocycles. The number of aromatic nitrogens is 2. The molecular weight excluding hydrogens is 293 g/mol. The zero-order valence-corrected chi connectivity index (χ0v) is 12.0. The summed E-state index contributed by atoms with van der Waals surface area (Å²) >= 11 is 11.5. The number of hydrogen-bond acceptors (Lipinski definition) is 5. The van der Waals surface area contributed by atoms with Crippen molar-refractivity contribution in [3.8, 4) is 0 Å². The number of nitrogens with zero attached hydrogens (tertiary/aromatic N) is 3. The number of rotatable bonds is 5. The Morgan fingerprint density at radius 3 is 2.63 bits per heavy atom. The van der Waals surface area contributed by atoms with Gasteiger partial charge >= 0.3 is 5.97 Å². The molecule has 0 N–H and O–H groups in total. The molecule has 1 aromatic rings. The Kier molecular flexibility index (Phi) is 5.98. The molecule has 0 fully saturated rings. The summed E-state index contributed by atoms with van der Waals surface area (Å²) in [4.78, 5) is 24.9. The van der Waals surface area contributed by atoms with Crippen molar-refractivity contribution in [3.05, 3.63) is 21.9 Å². The Labute approximate surface area is 120 Å². The third kappa shape index (κ3) is 4.33. The molecular formula is C11H13Cl2N3O3. The molecule has 0 saturated carbocycles. The number of carbonyl (C=O) groups excluding carboxylic acids is 2. The van der Waals surface area contributed by atoms with Crippen molar-refractivity contribution in [2.45, 2.75) is 13.3 Å². The highest BCUT2D eigenvalue weighted by Gasteiger charge is 2.22. The van der Waals surface area contributed by atoms with Crippen molar-refractivity contribution in [1.29, 1.82) is 0 Å². The molecule has 0 unspecified atom stereocenters. The molecule has 104 valence electrons. The highest BCUT2D eigenvalue weighted by molar-refractivity contribution is 6.34. The summed E-state index contributed by atoms with van der Waals surface area (Å²) in [7, 11) is 1.26. The molecule has 0 bridgehead atoms. The fourth-order valence-corrected chi connectivity index (χ4v) is 1.74. The van der Waals surface area contributed by atoms with Gasteiger partial charge in [0.25, 0.3) is 5.91 Å². The second-order valence-corrected chi connectivity index (χ2v) is 4.42. The molecule has 6 nitrogen and oxygen atoms in total. The molecule has 0 aliphatic heterocycles. The predicted molar refractivity (Wildman–Crippen MR) is 70.3 cm³/mol. The normalized spacial score (nSPS) is 10.1. The van der Waals surface area contributed by atoms with Gasteiger partial charge in [-0.3, -0.25) is 9.59 Å². The lowest BCUT2D eigenvalue weighted by molar-refractivity contribution is -0.141. The van der Waals surface area contributed by atoms with Gasteiger partial charge < -0.3 is 9.64 Å². The summed E-state index contributed by atoms with van der Waals surface area (Å²) in [6.07, 6.45) is 0.687. The van der Waals surface area contributed by atoms with Crippen molar-refractivity contribution in [2.24, 2.45) is 0 Å². The van der Waals surface area contributed by atoms with Gasteiger partial charge in [0.2, 0.25) is 0 Å². The van der Waals surface area contributed by atoms with Crippen LogP contribution in [0.5, 0.6) is 0 Å². The molecule has 19 heavy (non-hydrogen) atoms. The van der Waals surface area contributed by atoms with E-state index >= 15 is 0 Å². The fraction of sp³-hybridized carbons (Fsp3) is 0.455. The van der Waals surface area contributed by atoms with E-state index in [-0.39, 0.29) is 22.4 Å². The Morgan fingerprint density at radius 1 is 1.37 bits per heavy atom. The van der Waals surface area contributed by atoms with Crippen molar-refractivity contribution in [3.63, 3.8) is 0 Å². The van der Waals surface area contributed by atoms with Crippen LogP contribution in [0.4, 0.5) is 0 Å².